The zero-order valence-electron chi connectivity index (χ0n) is 7.53. The van der Waals surface area contributed by atoms with Gasteiger partial charge in [-0.3, -0.25) is 0 Å². The van der Waals surface area contributed by atoms with Crippen LogP contribution in [0.5, 0.6) is 0 Å². The van der Waals surface area contributed by atoms with E-state index in [4.69, 9.17) is 0 Å². The Morgan fingerprint density at radius 1 is 1.29 bits per heavy atom. The summed E-state index contributed by atoms with van der Waals surface area (Å²) in [6.45, 7) is 0. The highest BCUT2D eigenvalue weighted by molar-refractivity contribution is 6.94. The molecule has 5 heteroatoms. The maximum atomic E-state index is 11.4. The number of benzene rings is 1. The van der Waals surface area contributed by atoms with Gasteiger partial charge in [0.05, 0.1) is 7.05 Å². The van der Waals surface area contributed by atoms with Crippen LogP contribution < -0.4 is 21.9 Å². The van der Waals surface area contributed by atoms with E-state index < -0.39 is 0 Å². The van der Waals surface area contributed by atoms with Gasteiger partial charge in [-0.25, -0.2) is 4.79 Å². The first-order chi connectivity index (χ1) is 6.29. The first kappa shape index (κ1) is 10.9. The Kier molecular flexibility index (Phi) is 3.43. The van der Waals surface area contributed by atoms with Gasteiger partial charge in [-0.15, -0.1) is 0 Å². The molecule has 0 saturated carbocycles. The molecule has 1 N–H and O–H groups in total. The van der Waals surface area contributed by atoms with Crippen molar-refractivity contribution in [2.75, 3.05) is 0 Å². The second-order valence-electron chi connectivity index (χ2n) is 2.73. The molecule has 2 rings (SSSR count). The van der Waals surface area contributed by atoms with Crippen LogP contribution in [0, 0.1) is 0 Å². The monoisotopic (exact) mass is 228 g/mol. The van der Waals surface area contributed by atoms with Gasteiger partial charge >= 0.3 is 5.56 Å². The predicted molar refractivity (Wildman–Crippen MR) is 51.6 cm³/mol. The number of aryl methyl sites for hydroxylation is 1. The third-order valence-electron chi connectivity index (χ3n) is 1.85. The number of halogens is 1. The van der Waals surface area contributed by atoms with Crippen LogP contribution in [0.15, 0.2) is 35.1 Å². The third kappa shape index (κ3) is 1.86. The molecule has 3 nitrogen and oxygen atoms in total. The smallest absolute Gasteiger partial charge is 0.390 e. The van der Waals surface area contributed by atoms with Crippen molar-refractivity contribution in [2.45, 2.75) is 0 Å². The number of H-pyrrole nitrogens is 1. The van der Waals surface area contributed by atoms with E-state index in [-0.39, 0.29) is 18.0 Å². The summed E-state index contributed by atoms with van der Waals surface area (Å²) >= 11 is 1.31. The fourth-order valence-corrected chi connectivity index (χ4v) is 1.85. The minimum atomic E-state index is -0.0290. The van der Waals surface area contributed by atoms with E-state index in [1.54, 1.807) is 0 Å². The van der Waals surface area contributed by atoms with Gasteiger partial charge in [-0.2, -0.15) is 8.33 Å². The molecule has 0 spiro atoms. The van der Waals surface area contributed by atoms with Crippen molar-refractivity contribution in [3.63, 3.8) is 0 Å². The second kappa shape index (κ2) is 4.39. The minimum Gasteiger partial charge on any atom is -1.00 e. The van der Waals surface area contributed by atoms with E-state index in [9.17, 15) is 4.79 Å². The van der Waals surface area contributed by atoms with Crippen LogP contribution in [-0.4, -0.2) is 4.37 Å². The summed E-state index contributed by atoms with van der Waals surface area (Å²) in [6, 6.07) is 9.64. The summed E-state index contributed by atoms with van der Waals surface area (Å²) in [5.41, 5.74) is 1.64. The lowest BCUT2D eigenvalue weighted by atomic mass is 10.2. The molecule has 0 amide bonds. The maximum Gasteiger partial charge on any atom is 0.390 e. The zero-order valence-corrected chi connectivity index (χ0v) is 9.10. The van der Waals surface area contributed by atoms with E-state index in [1.807, 2.05) is 41.3 Å². The number of rotatable bonds is 1. The molecule has 0 aliphatic heterocycles. The lowest BCUT2D eigenvalue weighted by Crippen LogP contribution is -3.00. The molecule has 1 aromatic carbocycles. The number of hydrogen-bond donors (Lipinski definition) is 1. The van der Waals surface area contributed by atoms with Crippen LogP contribution in [-0.2, 0) is 7.05 Å². The Morgan fingerprint density at radius 2 is 1.93 bits per heavy atom. The topological polar surface area (TPSA) is 36.7 Å². The molecule has 74 valence electrons. The Labute approximate surface area is 91.7 Å². The van der Waals surface area contributed by atoms with Crippen LogP contribution in [0.4, 0.5) is 0 Å². The summed E-state index contributed by atoms with van der Waals surface area (Å²) in [6.07, 6.45) is 0. The number of hydrogen-bond acceptors (Lipinski definition) is 2. The summed E-state index contributed by atoms with van der Waals surface area (Å²) in [5, 5.41) is 0. The summed E-state index contributed by atoms with van der Waals surface area (Å²) < 4.78 is 4.52. The normalized spacial score (nSPS) is 9.50. The number of nitrogens with zero attached hydrogens (tertiary/aromatic N) is 1. The van der Waals surface area contributed by atoms with Gasteiger partial charge < -0.3 is 12.4 Å². The van der Waals surface area contributed by atoms with Crippen LogP contribution >= 0.6 is 11.7 Å². The molecule has 0 saturated heterocycles. The number of aromatic nitrogens is 2. The first-order valence-corrected chi connectivity index (χ1v) is 4.70. The molecule has 1 aromatic heterocycles. The molecular weight excluding hydrogens is 220 g/mol. The van der Waals surface area contributed by atoms with Crippen molar-refractivity contribution in [1.29, 1.82) is 0 Å². The van der Waals surface area contributed by atoms with E-state index >= 15 is 0 Å². The Hall–Kier alpha value is -1.13. The molecular formula is C9H9ClN2OS. The fraction of sp³-hybridized carbons (Fsp3) is 0.111. The molecule has 0 bridgehead atoms. The molecule has 0 aliphatic rings. The van der Waals surface area contributed by atoms with Gasteiger partial charge in [0.15, 0.2) is 0 Å². The van der Waals surface area contributed by atoms with Gasteiger partial charge in [0.1, 0.15) is 0 Å². The average molecular weight is 229 g/mol. The fourth-order valence-electron chi connectivity index (χ4n) is 1.26. The molecule has 14 heavy (non-hydrogen) atoms. The lowest BCUT2D eigenvalue weighted by Gasteiger charge is -1.92. The quantitative estimate of drug-likeness (QED) is 0.560. The predicted octanol–water partition coefficient (Wildman–Crippen LogP) is -2.07. The molecule has 0 aliphatic carbocycles. The van der Waals surface area contributed by atoms with Crippen LogP contribution in [0.2, 0.25) is 0 Å². The minimum absolute atomic E-state index is 0. The largest absolute Gasteiger partial charge is 1.00 e. The van der Waals surface area contributed by atoms with E-state index in [2.05, 4.69) is 4.37 Å². The summed E-state index contributed by atoms with van der Waals surface area (Å²) in [5.74, 6) is 0. The highest BCUT2D eigenvalue weighted by atomic mass is 35.5. The maximum absolute atomic E-state index is 11.4. The Balaban J connectivity index is 0.000000980. The van der Waals surface area contributed by atoms with Gasteiger partial charge in [-0.05, 0) is 0 Å². The van der Waals surface area contributed by atoms with Crippen LogP contribution in [0.3, 0.4) is 0 Å². The van der Waals surface area contributed by atoms with Crippen molar-refractivity contribution < 1.29 is 16.4 Å². The van der Waals surface area contributed by atoms with Crippen molar-refractivity contribution >= 4 is 11.7 Å². The standard InChI is InChI=1S/C9H8N2OS.ClH/c1-11-8(9(12)10-13-11)7-5-3-2-4-6-7;/h2-6H,1H3;1H. The molecule has 2 aromatic rings. The molecule has 0 atom stereocenters. The van der Waals surface area contributed by atoms with E-state index in [0.717, 1.165) is 5.56 Å². The Morgan fingerprint density at radius 3 is 2.43 bits per heavy atom. The van der Waals surface area contributed by atoms with Crippen LogP contribution in [0.25, 0.3) is 11.3 Å². The highest BCUT2D eigenvalue weighted by Crippen LogP contribution is 2.09. The molecule has 0 unspecified atom stereocenters. The third-order valence-corrected chi connectivity index (χ3v) is 2.59. The number of aromatic amines is 1. The lowest BCUT2D eigenvalue weighted by molar-refractivity contribution is -0.590. The average Bonchev–Trinajstić information content (AvgIpc) is 2.48. The summed E-state index contributed by atoms with van der Waals surface area (Å²) in [7, 11) is 1.87. The second-order valence-corrected chi connectivity index (χ2v) is 3.67. The van der Waals surface area contributed by atoms with Crippen molar-refractivity contribution in [3.8, 4) is 11.3 Å². The van der Waals surface area contributed by atoms with Gasteiger partial charge in [0.2, 0.25) is 17.4 Å². The first-order valence-electron chi connectivity index (χ1n) is 3.92. The molecule has 1 heterocycles. The van der Waals surface area contributed by atoms with Gasteiger partial charge in [0, 0.05) is 5.56 Å². The van der Waals surface area contributed by atoms with Crippen molar-refractivity contribution in [2.24, 2.45) is 7.05 Å². The van der Waals surface area contributed by atoms with Gasteiger partial charge in [0.25, 0.3) is 0 Å². The highest BCUT2D eigenvalue weighted by Gasteiger charge is 2.14. The zero-order chi connectivity index (χ0) is 9.26. The molecule has 0 fully saturated rings. The summed E-state index contributed by atoms with van der Waals surface area (Å²) in [4.78, 5) is 11.4. The van der Waals surface area contributed by atoms with Crippen molar-refractivity contribution in [1.82, 2.24) is 4.37 Å². The van der Waals surface area contributed by atoms with Gasteiger partial charge in [-0.1, -0.05) is 30.3 Å². The molecule has 0 radical (unpaired) electrons. The Bertz CT molecular complexity index is 463. The SMILES string of the molecule is C[n+]1s[nH]c(=O)c1-c1ccccc1.[Cl-]. The van der Waals surface area contributed by atoms with Crippen molar-refractivity contribution in [3.05, 3.63) is 40.7 Å². The van der Waals surface area contributed by atoms with E-state index in [1.165, 1.54) is 11.7 Å². The van der Waals surface area contributed by atoms with Crippen LogP contribution in [0.1, 0.15) is 0 Å². The van der Waals surface area contributed by atoms with E-state index in [0.29, 0.717) is 5.69 Å². The number of nitrogens with one attached hydrogen (secondary N) is 1.